The van der Waals surface area contributed by atoms with Crippen molar-refractivity contribution in [3.05, 3.63) is 34.1 Å². The van der Waals surface area contributed by atoms with Crippen LogP contribution in [0.2, 0.25) is 0 Å². The molecule has 3 nitrogen and oxygen atoms in total. The van der Waals surface area contributed by atoms with Crippen LogP contribution in [0, 0.1) is 5.82 Å². The van der Waals surface area contributed by atoms with Crippen LogP contribution in [0.1, 0.15) is 10.4 Å². The third-order valence-corrected chi connectivity index (χ3v) is 3.02. The third kappa shape index (κ3) is 4.46. The van der Waals surface area contributed by atoms with E-state index in [1.54, 1.807) is 0 Å². The molecule has 0 aromatic heterocycles. The van der Waals surface area contributed by atoms with Gasteiger partial charge in [0.1, 0.15) is 12.4 Å². The largest absolute Gasteiger partial charge is 0.406 e. The standard InChI is InChI=1S/C11H10BrF4NO2/c12-9-7(2-1-3-8(9)13)10(19)17(4-5-18)6-11(14,15)16/h1-3,18H,4-6H2. The van der Waals surface area contributed by atoms with E-state index in [1.807, 2.05) is 0 Å². The molecule has 1 amide bonds. The monoisotopic (exact) mass is 343 g/mol. The van der Waals surface area contributed by atoms with Crippen LogP contribution < -0.4 is 0 Å². The topological polar surface area (TPSA) is 40.5 Å². The predicted molar refractivity (Wildman–Crippen MR) is 63.1 cm³/mol. The molecule has 0 aliphatic rings. The smallest absolute Gasteiger partial charge is 0.395 e. The Morgan fingerprint density at radius 2 is 2.00 bits per heavy atom. The number of nitrogens with zero attached hydrogens (tertiary/aromatic N) is 1. The van der Waals surface area contributed by atoms with Crippen molar-refractivity contribution in [3.63, 3.8) is 0 Å². The zero-order chi connectivity index (χ0) is 14.6. The number of aliphatic hydroxyl groups is 1. The van der Waals surface area contributed by atoms with Crippen molar-refractivity contribution in [1.82, 2.24) is 4.90 Å². The van der Waals surface area contributed by atoms with Gasteiger partial charge in [-0.05, 0) is 28.1 Å². The molecule has 1 aromatic carbocycles. The molecule has 0 aliphatic heterocycles. The molecule has 1 rings (SSSR count). The maximum atomic E-state index is 13.2. The van der Waals surface area contributed by atoms with E-state index in [-0.39, 0.29) is 10.0 Å². The Balaban J connectivity index is 3.02. The van der Waals surface area contributed by atoms with Gasteiger partial charge in [-0.15, -0.1) is 0 Å². The molecule has 0 aliphatic carbocycles. The zero-order valence-corrected chi connectivity index (χ0v) is 11.1. The van der Waals surface area contributed by atoms with Gasteiger partial charge in [0, 0.05) is 6.54 Å². The van der Waals surface area contributed by atoms with Crippen LogP contribution in [0.15, 0.2) is 22.7 Å². The minimum atomic E-state index is -4.59. The second-order valence-corrected chi connectivity index (χ2v) is 4.46. The number of carbonyl (C=O) groups excluding carboxylic acids is 1. The molecule has 0 saturated heterocycles. The number of hydrogen-bond acceptors (Lipinski definition) is 2. The molecule has 0 saturated carbocycles. The van der Waals surface area contributed by atoms with Gasteiger partial charge >= 0.3 is 6.18 Å². The van der Waals surface area contributed by atoms with Gasteiger partial charge in [0.2, 0.25) is 0 Å². The summed E-state index contributed by atoms with van der Waals surface area (Å²) in [6.45, 7) is -2.61. The van der Waals surface area contributed by atoms with Gasteiger partial charge in [-0.2, -0.15) is 13.2 Å². The molecule has 8 heteroatoms. The molecule has 0 spiro atoms. The van der Waals surface area contributed by atoms with Crippen LogP contribution in [0.5, 0.6) is 0 Å². The van der Waals surface area contributed by atoms with Crippen LogP contribution in [0.25, 0.3) is 0 Å². The van der Waals surface area contributed by atoms with E-state index in [9.17, 15) is 22.4 Å². The van der Waals surface area contributed by atoms with Crippen molar-refractivity contribution in [2.45, 2.75) is 6.18 Å². The number of carbonyl (C=O) groups is 1. The highest BCUT2D eigenvalue weighted by molar-refractivity contribution is 9.10. The molecule has 1 aromatic rings. The van der Waals surface area contributed by atoms with Crippen molar-refractivity contribution in [1.29, 1.82) is 0 Å². The summed E-state index contributed by atoms with van der Waals surface area (Å²) in [5.41, 5.74) is -0.224. The minimum absolute atomic E-state index is 0.204. The van der Waals surface area contributed by atoms with E-state index >= 15 is 0 Å². The van der Waals surface area contributed by atoms with Crippen LogP contribution in [-0.2, 0) is 0 Å². The van der Waals surface area contributed by atoms with Crippen molar-refractivity contribution in [3.8, 4) is 0 Å². The van der Waals surface area contributed by atoms with Crippen LogP contribution in [-0.4, -0.2) is 41.8 Å². The Labute approximate surface area is 115 Å². The molecule has 0 atom stereocenters. The first-order valence-electron chi connectivity index (χ1n) is 5.17. The van der Waals surface area contributed by atoms with Gasteiger partial charge in [0.05, 0.1) is 16.6 Å². The maximum Gasteiger partial charge on any atom is 0.406 e. The fourth-order valence-electron chi connectivity index (χ4n) is 1.43. The Bertz CT molecular complexity index is 464. The van der Waals surface area contributed by atoms with E-state index in [0.717, 1.165) is 6.07 Å². The fourth-order valence-corrected chi connectivity index (χ4v) is 1.86. The summed E-state index contributed by atoms with van der Waals surface area (Å²) >= 11 is 2.81. The molecule has 0 unspecified atom stereocenters. The van der Waals surface area contributed by atoms with E-state index in [0.29, 0.717) is 4.90 Å². The number of amides is 1. The van der Waals surface area contributed by atoms with Crippen molar-refractivity contribution in [2.24, 2.45) is 0 Å². The second-order valence-electron chi connectivity index (χ2n) is 3.67. The van der Waals surface area contributed by atoms with Gasteiger partial charge in [-0.3, -0.25) is 4.79 Å². The predicted octanol–water partition coefficient (Wildman–Crippen LogP) is 2.59. The molecule has 106 valence electrons. The molecule has 19 heavy (non-hydrogen) atoms. The molecule has 1 N–H and O–H groups in total. The average Bonchev–Trinajstić information content (AvgIpc) is 2.30. The molecule has 0 fully saturated rings. The summed E-state index contributed by atoms with van der Waals surface area (Å²) in [5, 5.41) is 8.71. The summed E-state index contributed by atoms with van der Waals surface area (Å²) < 4.78 is 50.0. The van der Waals surface area contributed by atoms with Gasteiger partial charge in [0.15, 0.2) is 0 Å². The van der Waals surface area contributed by atoms with Gasteiger partial charge in [0.25, 0.3) is 5.91 Å². The van der Waals surface area contributed by atoms with Crippen molar-refractivity contribution in [2.75, 3.05) is 19.7 Å². The van der Waals surface area contributed by atoms with Crippen LogP contribution >= 0.6 is 15.9 Å². The lowest BCUT2D eigenvalue weighted by Gasteiger charge is -2.23. The van der Waals surface area contributed by atoms with Gasteiger partial charge < -0.3 is 10.0 Å². The zero-order valence-electron chi connectivity index (χ0n) is 9.55. The normalized spacial score (nSPS) is 11.5. The number of aliphatic hydroxyl groups excluding tert-OH is 1. The summed E-state index contributed by atoms with van der Waals surface area (Å²) in [7, 11) is 0. The highest BCUT2D eigenvalue weighted by Crippen LogP contribution is 2.24. The number of rotatable bonds is 4. The van der Waals surface area contributed by atoms with Crippen LogP contribution in [0.4, 0.5) is 17.6 Å². The fraction of sp³-hybridized carbons (Fsp3) is 0.364. The third-order valence-electron chi connectivity index (χ3n) is 2.21. The molecular formula is C11H10BrF4NO2. The number of alkyl halides is 3. The number of hydrogen-bond donors (Lipinski definition) is 1. The van der Waals surface area contributed by atoms with Crippen molar-refractivity contribution >= 4 is 21.8 Å². The molecule has 0 bridgehead atoms. The first kappa shape index (κ1) is 15.9. The maximum absolute atomic E-state index is 13.2. The second kappa shape index (κ2) is 6.33. The average molecular weight is 344 g/mol. The van der Waals surface area contributed by atoms with E-state index in [2.05, 4.69) is 15.9 Å². The van der Waals surface area contributed by atoms with Crippen molar-refractivity contribution < 1.29 is 27.5 Å². The Morgan fingerprint density at radius 3 is 2.53 bits per heavy atom. The van der Waals surface area contributed by atoms with Gasteiger partial charge in [-0.1, -0.05) is 6.07 Å². The quantitative estimate of drug-likeness (QED) is 0.853. The summed E-state index contributed by atoms with van der Waals surface area (Å²) in [4.78, 5) is 12.3. The number of halogens is 5. The summed E-state index contributed by atoms with van der Waals surface area (Å²) in [6, 6.07) is 3.50. The Morgan fingerprint density at radius 1 is 1.37 bits per heavy atom. The minimum Gasteiger partial charge on any atom is -0.395 e. The molecular weight excluding hydrogens is 334 g/mol. The van der Waals surface area contributed by atoms with E-state index in [4.69, 9.17) is 5.11 Å². The summed E-state index contributed by atoms with van der Waals surface area (Å²) in [6.07, 6.45) is -4.59. The molecule has 0 radical (unpaired) electrons. The lowest BCUT2D eigenvalue weighted by Crippen LogP contribution is -2.40. The Hall–Kier alpha value is -1.15. The van der Waals surface area contributed by atoms with E-state index < -0.39 is 37.6 Å². The summed E-state index contributed by atoms with van der Waals surface area (Å²) in [5.74, 6) is -1.75. The highest BCUT2D eigenvalue weighted by Gasteiger charge is 2.33. The van der Waals surface area contributed by atoms with Crippen LogP contribution in [0.3, 0.4) is 0 Å². The SMILES string of the molecule is O=C(c1cccc(F)c1Br)N(CCO)CC(F)(F)F. The van der Waals surface area contributed by atoms with Gasteiger partial charge in [-0.25, -0.2) is 4.39 Å². The number of benzene rings is 1. The lowest BCUT2D eigenvalue weighted by molar-refractivity contribution is -0.141. The highest BCUT2D eigenvalue weighted by atomic mass is 79.9. The first-order valence-corrected chi connectivity index (χ1v) is 5.96. The Kier molecular flexibility index (Phi) is 5.30. The van der Waals surface area contributed by atoms with E-state index in [1.165, 1.54) is 12.1 Å². The first-order chi connectivity index (χ1) is 8.76. The molecule has 0 heterocycles. The lowest BCUT2D eigenvalue weighted by atomic mass is 10.2.